The van der Waals surface area contributed by atoms with Crippen LogP contribution in [0.5, 0.6) is 0 Å². The number of nitrogens with zero attached hydrogens (tertiary/aromatic N) is 2. The number of aryl methyl sites for hydroxylation is 1. The highest BCUT2D eigenvalue weighted by Gasteiger charge is 2.00. The molecule has 1 heterocycles. The number of ether oxygens (including phenoxy) is 1. The monoisotopic (exact) mass is 181 g/mol. The Morgan fingerprint density at radius 1 is 1.69 bits per heavy atom. The maximum absolute atomic E-state index is 10.7. The Morgan fingerprint density at radius 2 is 2.46 bits per heavy atom. The third kappa shape index (κ3) is 3.06. The Morgan fingerprint density at radius 3 is 3.08 bits per heavy atom. The molecule has 0 spiro atoms. The highest BCUT2D eigenvalue weighted by molar-refractivity contribution is 5.73. The molecular formula is C8H11N3O2. The van der Waals surface area contributed by atoms with Crippen molar-refractivity contribution in [2.24, 2.45) is 0 Å². The summed E-state index contributed by atoms with van der Waals surface area (Å²) in [6.07, 6.45) is 1.63. The van der Waals surface area contributed by atoms with Crippen LogP contribution in [0.2, 0.25) is 0 Å². The van der Waals surface area contributed by atoms with E-state index < -0.39 is 0 Å². The fraction of sp³-hybridized carbons (Fsp3) is 0.375. The lowest BCUT2D eigenvalue weighted by atomic mass is 10.5. The van der Waals surface area contributed by atoms with E-state index in [0.29, 0.717) is 5.95 Å². The van der Waals surface area contributed by atoms with Gasteiger partial charge in [-0.3, -0.25) is 4.79 Å². The molecule has 0 aliphatic carbocycles. The second-order valence-corrected chi connectivity index (χ2v) is 2.45. The standard InChI is InChI=1S/C8H11N3O2/c1-6-3-4-9-8(11-6)10-5-7(12)13-2/h3-4H,5H2,1-2H3,(H,9,10,11). The number of carbonyl (C=O) groups is 1. The topological polar surface area (TPSA) is 64.1 Å². The van der Waals surface area contributed by atoms with Crippen LogP contribution in [0.25, 0.3) is 0 Å². The van der Waals surface area contributed by atoms with Crippen LogP contribution in [-0.2, 0) is 9.53 Å². The molecule has 0 radical (unpaired) electrons. The van der Waals surface area contributed by atoms with Gasteiger partial charge in [-0.05, 0) is 13.0 Å². The summed E-state index contributed by atoms with van der Waals surface area (Å²) in [5.74, 6) is 0.0931. The molecule has 0 aliphatic rings. The van der Waals surface area contributed by atoms with Crippen LogP contribution in [-0.4, -0.2) is 29.6 Å². The SMILES string of the molecule is COC(=O)CNc1nccc(C)n1. The van der Waals surface area contributed by atoms with Crippen molar-refractivity contribution in [3.05, 3.63) is 18.0 Å². The quantitative estimate of drug-likeness (QED) is 0.682. The lowest BCUT2D eigenvalue weighted by Crippen LogP contribution is -2.16. The predicted molar refractivity (Wildman–Crippen MR) is 47.3 cm³/mol. The highest BCUT2D eigenvalue weighted by Crippen LogP contribution is 1.97. The van der Waals surface area contributed by atoms with Gasteiger partial charge in [-0.1, -0.05) is 0 Å². The Bertz CT molecular complexity index is 301. The maximum Gasteiger partial charge on any atom is 0.325 e. The fourth-order valence-electron chi connectivity index (χ4n) is 0.757. The molecule has 0 unspecified atom stereocenters. The molecule has 0 saturated heterocycles. The minimum atomic E-state index is -0.342. The number of aromatic nitrogens is 2. The molecular weight excluding hydrogens is 170 g/mol. The van der Waals surface area contributed by atoms with Crippen molar-refractivity contribution >= 4 is 11.9 Å². The van der Waals surface area contributed by atoms with E-state index in [9.17, 15) is 4.79 Å². The van der Waals surface area contributed by atoms with Gasteiger partial charge in [0.25, 0.3) is 0 Å². The van der Waals surface area contributed by atoms with Crippen LogP contribution in [0.4, 0.5) is 5.95 Å². The van der Waals surface area contributed by atoms with Crippen molar-refractivity contribution in [2.45, 2.75) is 6.92 Å². The minimum Gasteiger partial charge on any atom is -0.468 e. The average molecular weight is 181 g/mol. The van der Waals surface area contributed by atoms with Crippen LogP contribution in [0.3, 0.4) is 0 Å². The number of esters is 1. The van der Waals surface area contributed by atoms with E-state index in [2.05, 4.69) is 20.0 Å². The summed E-state index contributed by atoms with van der Waals surface area (Å²) in [7, 11) is 1.33. The third-order valence-electron chi connectivity index (χ3n) is 1.41. The Labute approximate surface area is 76.2 Å². The van der Waals surface area contributed by atoms with Crippen LogP contribution in [0.1, 0.15) is 5.69 Å². The van der Waals surface area contributed by atoms with E-state index in [-0.39, 0.29) is 12.5 Å². The first-order valence-corrected chi connectivity index (χ1v) is 3.82. The molecule has 1 aromatic rings. The average Bonchev–Trinajstić information content (AvgIpc) is 2.14. The zero-order chi connectivity index (χ0) is 9.68. The summed E-state index contributed by atoms with van der Waals surface area (Å²) >= 11 is 0. The molecule has 0 fully saturated rings. The lowest BCUT2D eigenvalue weighted by molar-refractivity contribution is -0.138. The van der Waals surface area contributed by atoms with E-state index in [0.717, 1.165) is 5.69 Å². The first-order chi connectivity index (χ1) is 6.22. The Kier molecular flexibility index (Phi) is 3.19. The number of rotatable bonds is 3. The highest BCUT2D eigenvalue weighted by atomic mass is 16.5. The van der Waals surface area contributed by atoms with Crippen molar-refractivity contribution in [3.8, 4) is 0 Å². The number of anilines is 1. The largest absolute Gasteiger partial charge is 0.468 e. The van der Waals surface area contributed by atoms with Gasteiger partial charge in [-0.25, -0.2) is 9.97 Å². The third-order valence-corrected chi connectivity index (χ3v) is 1.41. The van der Waals surface area contributed by atoms with Gasteiger partial charge < -0.3 is 10.1 Å². The summed E-state index contributed by atoms with van der Waals surface area (Å²) in [6, 6.07) is 1.78. The molecule has 0 bridgehead atoms. The van der Waals surface area contributed by atoms with Crippen LogP contribution in [0, 0.1) is 6.92 Å². The number of hydrogen-bond donors (Lipinski definition) is 1. The summed E-state index contributed by atoms with van der Waals surface area (Å²) in [4.78, 5) is 18.7. The number of methoxy groups -OCH3 is 1. The molecule has 0 aliphatic heterocycles. The molecule has 5 heteroatoms. The smallest absolute Gasteiger partial charge is 0.325 e. The number of nitrogens with one attached hydrogen (secondary N) is 1. The summed E-state index contributed by atoms with van der Waals surface area (Å²) in [5.41, 5.74) is 0.849. The number of hydrogen-bond acceptors (Lipinski definition) is 5. The van der Waals surface area contributed by atoms with Crippen molar-refractivity contribution in [1.82, 2.24) is 9.97 Å². The molecule has 0 saturated carbocycles. The normalized spacial score (nSPS) is 9.38. The van der Waals surface area contributed by atoms with Crippen molar-refractivity contribution in [1.29, 1.82) is 0 Å². The second kappa shape index (κ2) is 4.39. The number of carbonyl (C=O) groups excluding carboxylic acids is 1. The molecule has 0 amide bonds. The molecule has 1 rings (SSSR count). The van der Waals surface area contributed by atoms with Gasteiger partial charge in [0.1, 0.15) is 6.54 Å². The summed E-state index contributed by atoms with van der Waals surface area (Å²) in [5, 5.41) is 2.74. The van der Waals surface area contributed by atoms with Gasteiger partial charge in [0, 0.05) is 11.9 Å². The van der Waals surface area contributed by atoms with Gasteiger partial charge in [0.15, 0.2) is 0 Å². The van der Waals surface area contributed by atoms with Crippen LogP contribution >= 0.6 is 0 Å². The first kappa shape index (κ1) is 9.44. The Hall–Kier alpha value is -1.65. The predicted octanol–water partition coefficient (Wildman–Crippen LogP) is 0.370. The van der Waals surface area contributed by atoms with Gasteiger partial charge in [-0.2, -0.15) is 0 Å². The van der Waals surface area contributed by atoms with E-state index in [1.54, 1.807) is 12.3 Å². The molecule has 1 aromatic heterocycles. The van der Waals surface area contributed by atoms with Crippen molar-refractivity contribution in [3.63, 3.8) is 0 Å². The first-order valence-electron chi connectivity index (χ1n) is 3.82. The van der Waals surface area contributed by atoms with Gasteiger partial charge in [0.2, 0.25) is 5.95 Å². The zero-order valence-corrected chi connectivity index (χ0v) is 7.57. The van der Waals surface area contributed by atoms with Gasteiger partial charge in [0.05, 0.1) is 7.11 Å². The van der Waals surface area contributed by atoms with Gasteiger partial charge >= 0.3 is 5.97 Å². The second-order valence-electron chi connectivity index (χ2n) is 2.45. The molecule has 13 heavy (non-hydrogen) atoms. The van der Waals surface area contributed by atoms with Gasteiger partial charge in [-0.15, -0.1) is 0 Å². The van der Waals surface area contributed by atoms with E-state index in [1.807, 2.05) is 6.92 Å². The van der Waals surface area contributed by atoms with Crippen LogP contribution < -0.4 is 5.32 Å². The zero-order valence-electron chi connectivity index (χ0n) is 7.57. The lowest BCUT2D eigenvalue weighted by Gasteiger charge is -2.02. The fourth-order valence-corrected chi connectivity index (χ4v) is 0.757. The maximum atomic E-state index is 10.7. The Balaban J connectivity index is 2.50. The molecule has 0 aromatic carbocycles. The molecule has 70 valence electrons. The van der Waals surface area contributed by atoms with Crippen LogP contribution in [0.15, 0.2) is 12.3 Å². The van der Waals surface area contributed by atoms with Crippen molar-refractivity contribution in [2.75, 3.05) is 19.0 Å². The minimum absolute atomic E-state index is 0.0833. The summed E-state index contributed by atoms with van der Waals surface area (Å²) in [6.45, 7) is 1.94. The van der Waals surface area contributed by atoms with E-state index in [4.69, 9.17) is 0 Å². The van der Waals surface area contributed by atoms with E-state index >= 15 is 0 Å². The molecule has 1 N–H and O–H groups in total. The van der Waals surface area contributed by atoms with Crippen molar-refractivity contribution < 1.29 is 9.53 Å². The van der Waals surface area contributed by atoms with E-state index in [1.165, 1.54) is 7.11 Å². The molecule has 5 nitrogen and oxygen atoms in total. The summed E-state index contributed by atoms with van der Waals surface area (Å²) < 4.78 is 4.45. The molecule has 0 atom stereocenters.